The minimum absolute atomic E-state index is 0.0669. The molecule has 20 heavy (non-hydrogen) atoms. The van der Waals surface area contributed by atoms with E-state index in [4.69, 9.17) is 16.3 Å². The number of ether oxygens (including phenoxy) is 1. The number of amides is 2. The predicted molar refractivity (Wildman–Crippen MR) is 71.1 cm³/mol. The van der Waals surface area contributed by atoms with Crippen molar-refractivity contribution in [1.82, 2.24) is 10.2 Å². The lowest BCUT2D eigenvalue weighted by Crippen LogP contribution is -2.37. The predicted octanol–water partition coefficient (Wildman–Crippen LogP) is 1.21. The lowest BCUT2D eigenvalue weighted by Gasteiger charge is -2.19. The van der Waals surface area contributed by atoms with Crippen molar-refractivity contribution in [3.63, 3.8) is 0 Å². The second-order valence-electron chi connectivity index (χ2n) is 4.34. The molecule has 1 N–H and O–H groups in total. The molecule has 1 aliphatic rings. The monoisotopic (exact) mass is 300 g/mol. The standard InChI is InChI=1S/C13H14ClFN2O3/c14-10-7-9(15)1-2-11(10)20-8-13(19)17-5-3-12(18)16-4-6-17/h1-2,7H,3-6,8H2,(H,16,18). The molecule has 2 rings (SSSR count). The third kappa shape index (κ3) is 3.84. The van der Waals surface area contributed by atoms with Gasteiger partial charge < -0.3 is 15.0 Å². The van der Waals surface area contributed by atoms with Gasteiger partial charge in [-0.3, -0.25) is 9.59 Å². The van der Waals surface area contributed by atoms with Crippen LogP contribution in [-0.4, -0.2) is 43.0 Å². The number of carbonyl (C=O) groups is 2. The summed E-state index contributed by atoms with van der Waals surface area (Å²) in [4.78, 5) is 24.7. The highest BCUT2D eigenvalue weighted by Gasteiger charge is 2.19. The van der Waals surface area contributed by atoms with Crippen LogP contribution in [0.3, 0.4) is 0 Å². The zero-order valence-corrected chi connectivity index (χ0v) is 11.5. The van der Waals surface area contributed by atoms with Gasteiger partial charge in [0.1, 0.15) is 11.6 Å². The molecule has 0 bridgehead atoms. The summed E-state index contributed by atoms with van der Waals surface area (Å²) in [5, 5.41) is 2.80. The van der Waals surface area contributed by atoms with Crippen LogP contribution in [-0.2, 0) is 9.59 Å². The average Bonchev–Trinajstić information content (AvgIpc) is 2.62. The summed E-state index contributed by atoms with van der Waals surface area (Å²) >= 11 is 5.80. The highest BCUT2D eigenvalue weighted by Crippen LogP contribution is 2.24. The van der Waals surface area contributed by atoms with Crippen LogP contribution in [0.2, 0.25) is 5.02 Å². The van der Waals surface area contributed by atoms with Gasteiger partial charge in [-0.25, -0.2) is 4.39 Å². The molecule has 1 saturated heterocycles. The molecule has 7 heteroatoms. The maximum atomic E-state index is 12.9. The summed E-state index contributed by atoms with van der Waals surface area (Å²) in [6.07, 6.45) is 0.281. The number of halogens is 2. The highest BCUT2D eigenvalue weighted by atomic mass is 35.5. The summed E-state index contributed by atoms with van der Waals surface area (Å²) in [7, 11) is 0. The first-order valence-electron chi connectivity index (χ1n) is 6.18. The second kappa shape index (κ2) is 6.56. The van der Waals surface area contributed by atoms with Gasteiger partial charge in [0, 0.05) is 26.1 Å². The third-order valence-electron chi connectivity index (χ3n) is 2.91. The van der Waals surface area contributed by atoms with Crippen LogP contribution in [0.4, 0.5) is 4.39 Å². The summed E-state index contributed by atoms with van der Waals surface area (Å²) < 4.78 is 18.1. The molecular weight excluding hydrogens is 287 g/mol. The third-order valence-corrected chi connectivity index (χ3v) is 3.21. The fourth-order valence-corrected chi connectivity index (χ4v) is 2.06. The molecular formula is C13H14ClFN2O3. The Morgan fingerprint density at radius 2 is 2.25 bits per heavy atom. The number of benzene rings is 1. The van der Waals surface area contributed by atoms with E-state index in [0.29, 0.717) is 19.6 Å². The van der Waals surface area contributed by atoms with E-state index in [-0.39, 0.29) is 35.6 Å². The molecule has 1 heterocycles. The van der Waals surface area contributed by atoms with E-state index in [2.05, 4.69) is 5.32 Å². The Morgan fingerprint density at radius 3 is 3.00 bits per heavy atom. The van der Waals surface area contributed by atoms with Crippen LogP contribution in [0.1, 0.15) is 6.42 Å². The molecule has 1 fully saturated rings. The SMILES string of the molecule is O=C1CCN(C(=O)COc2ccc(F)cc2Cl)CCN1. The Balaban J connectivity index is 1.89. The molecule has 5 nitrogen and oxygen atoms in total. The number of nitrogens with zero attached hydrogens (tertiary/aromatic N) is 1. The molecule has 0 radical (unpaired) electrons. The molecule has 0 aliphatic carbocycles. The van der Waals surface area contributed by atoms with Crippen molar-refractivity contribution in [3.8, 4) is 5.75 Å². The van der Waals surface area contributed by atoms with Crippen molar-refractivity contribution < 1.29 is 18.7 Å². The molecule has 2 amide bonds. The summed E-state index contributed by atoms with van der Waals surface area (Å²) in [6, 6.07) is 3.70. The quantitative estimate of drug-likeness (QED) is 0.913. The van der Waals surface area contributed by atoms with Crippen LogP contribution < -0.4 is 10.1 Å². The summed E-state index contributed by atoms with van der Waals surface area (Å²) in [5.41, 5.74) is 0. The van der Waals surface area contributed by atoms with E-state index < -0.39 is 5.82 Å². The zero-order valence-electron chi connectivity index (χ0n) is 10.7. The van der Waals surface area contributed by atoms with Gasteiger partial charge in [-0.15, -0.1) is 0 Å². The van der Waals surface area contributed by atoms with Gasteiger partial charge in [0.15, 0.2) is 6.61 Å². The van der Waals surface area contributed by atoms with Crippen molar-refractivity contribution in [2.24, 2.45) is 0 Å². The minimum atomic E-state index is -0.467. The van der Waals surface area contributed by atoms with Gasteiger partial charge in [0.25, 0.3) is 5.91 Å². The van der Waals surface area contributed by atoms with E-state index in [9.17, 15) is 14.0 Å². The first-order valence-corrected chi connectivity index (χ1v) is 6.56. The highest BCUT2D eigenvalue weighted by molar-refractivity contribution is 6.32. The van der Waals surface area contributed by atoms with E-state index in [0.717, 1.165) is 6.07 Å². The summed E-state index contributed by atoms with van der Waals surface area (Å²) in [5.74, 6) is -0.513. The number of rotatable bonds is 3. The second-order valence-corrected chi connectivity index (χ2v) is 4.75. The molecule has 1 aromatic rings. The fourth-order valence-electron chi connectivity index (χ4n) is 1.84. The Bertz CT molecular complexity index is 524. The van der Waals surface area contributed by atoms with Gasteiger partial charge >= 0.3 is 0 Å². The van der Waals surface area contributed by atoms with Crippen molar-refractivity contribution in [1.29, 1.82) is 0 Å². The number of carbonyl (C=O) groups excluding carboxylic acids is 2. The lowest BCUT2D eigenvalue weighted by molar-refractivity contribution is -0.133. The molecule has 0 saturated carbocycles. The Hall–Kier alpha value is -1.82. The van der Waals surface area contributed by atoms with Crippen molar-refractivity contribution in [2.45, 2.75) is 6.42 Å². The van der Waals surface area contributed by atoms with Crippen LogP contribution in [0.15, 0.2) is 18.2 Å². The van der Waals surface area contributed by atoms with E-state index in [1.54, 1.807) is 4.90 Å². The average molecular weight is 301 g/mol. The molecule has 1 aliphatic heterocycles. The maximum Gasteiger partial charge on any atom is 0.260 e. The first-order chi connectivity index (χ1) is 9.56. The van der Waals surface area contributed by atoms with E-state index >= 15 is 0 Å². The zero-order chi connectivity index (χ0) is 14.5. The topological polar surface area (TPSA) is 58.6 Å². The van der Waals surface area contributed by atoms with Crippen molar-refractivity contribution in [3.05, 3.63) is 29.0 Å². The van der Waals surface area contributed by atoms with Crippen LogP contribution >= 0.6 is 11.6 Å². The van der Waals surface area contributed by atoms with Gasteiger partial charge in [-0.2, -0.15) is 0 Å². The van der Waals surface area contributed by atoms with Gasteiger partial charge in [0.2, 0.25) is 5.91 Å². The smallest absolute Gasteiger partial charge is 0.260 e. The summed E-state index contributed by atoms with van der Waals surface area (Å²) in [6.45, 7) is 1.05. The molecule has 0 atom stereocenters. The maximum absolute atomic E-state index is 12.9. The van der Waals surface area contributed by atoms with E-state index in [1.807, 2.05) is 0 Å². The van der Waals surface area contributed by atoms with Crippen LogP contribution in [0.25, 0.3) is 0 Å². The van der Waals surface area contributed by atoms with Gasteiger partial charge in [0.05, 0.1) is 5.02 Å². The molecule has 108 valence electrons. The fraction of sp³-hybridized carbons (Fsp3) is 0.385. The normalized spacial score (nSPS) is 15.5. The molecule has 1 aromatic carbocycles. The van der Waals surface area contributed by atoms with Gasteiger partial charge in [-0.1, -0.05) is 11.6 Å². The molecule has 0 unspecified atom stereocenters. The van der Waals surface area contributed by atoms with Crippen molar-refractivity contribution in [2.75, 3.05) is 26.2 Å². The Labute approximate surface area is 120 Å². The lowest BCUT2D eigenvalue weighted by atomic mass is 10.3. The number of hydrogen-bond acceptors (Lipinski definition) is 3. The van der Waals surface area contributed by atoms with Crippen LogP contribution in [0, 0.1) is 5.82 Å². The Morgan fingerprint density at radius 1 is 1.45 bits per heavy atom. The first kappa shape index (κ1) is 14.6. The minimum Gasteiger partial charge on any atom is -0.482 e. The van der Waals surface area contributed by atoms with Gasteiger partial charge in [-0.05, 0) is 18.2 Å². The molecule has 0 spiro atoms. The Kier molecular flexibility index (Phi) is 4.79. The number of nitrogens with one attached hydrogen (secondary N) is 1. The molecule has 0 aromatic heterocycles. The van der Waals surface area contributed by atoms with E-state index in [1.165, 1.54) is 12.1 Å². The van der Waals surface area contributed by atoms with Crippen LogP contribution in [0.5, 0.6) is 5.75 Å². The van der Waals surface area contributed by atoms with Crippen molar-refractivity contribution >= 4 is 23.4 Å². The largest absolute Gasteiger partial charge is 0.482 e. The number of hydrogen-bond donors (Lipinski definition) is 1.